The van der Waals surface area contributed by atoms with Crippen LogP contribution < -0.4 is 0 Å². The third-order valence-electron chi connectivity index (χ3n) is 3.31. The summed E-state index contributed by atoms with van der Waals surface area (Å²) in [5.41, 5.74) is 0.990. The lowest BCUT2D eigenvalue weighted by Gasteiger charge is -2.37. The van der Waals surface area contributed by atoms with E-state index in [1.807, 2.05) is 0 Å². The fraction of sp³-hybridized carbons (Fsp3) is 0.917. The number of hydrogen-bond donors (Lipinski definition) is 0. The van der Waals surface area contributed by atoms with Crippen LogP contribution in [-0.4, -0.2) is 25.0 Å². The Morgan fingerprint density at radius 2 is 1.93 bits per heavy atom. The van der Waals surface area contributed by atoms with Gasteiger partial charge in [0.1, 0.15) is 5.60 Å². The van der Waals surface area contributed by atoms with Gasteiger partial charge in [0.05, 0.1) is 0 Å². The average molecular weight is 199 g/mol. The summed E-state index contributed by atoms with van der Waals surface area (Å²) in [4.78, 5) is 4.50. The summed E-state index contributed by atoms with van der Waals surface area (Å²) < 4.78 is 5.72. The van der Waals surface area contributed by atoms with Crippen LogP contribution in [0, 0.1) is 5.92 Å². The average Bonchev–Trinajstić information content (AvgIpc) is 2.20. The Hall–Kier alpha value is -0.370. The van der Waals surface area contributed by atoms with E-state index in [4.69, 9.17) is 4.74 Å². The monoisotopic (exact) mass is 199 g/mol. The normalized spacial score (nSPS) is 19.1. The molecule has 0 aromatic carbocycles. The third kappa shape index (κ3) is 2.57. The predicted octanol–water partition coefficient (Wildman–Crippen LogP) is 3.31. The first-order valence-corrected chi connectivity index (χ1v) is 5.65. The minimum atomic E-state index is -0.148. The van der Waals surface area contributed by atoms with Gasteiger partial charge in [-0.3, -0.25) is 4.99 Å². The van der Waals surface area contributed by atoms with Gasteiger partial charge < -0.3 is 4.74 Å². The van der Waals surface area contributed by atoms with Gasteiger partial charge >= 0.3 is 0 Å². The molecule has 2 atom stereocenters. The van der Waals surface area contributed by atoms with Crippen molar-refractivity contribution in [3.05, 3.63) is 0 Å². The molecule has 0 N–H and O–H groups in total. The fourth-order valence-electron chi connectivity index (χ4n) is 2.15. The number of hydrogen-bond acceptors (Lipinski definition) is 2. The molecule has 0 fully saturated rings. The van der Waals surface area contributed by atoms with Gasteiger partial charge in [0.2, 0.25) is 0 Å². The second-order valence-electron chi connectivity index (χ2n) is 3.82. The summed E-state index contributed by atoms with van der Waals surface area (Å²) >= 11 is 0. The lowest BCUT2D eigenvalue weighted by atomic mass is 9.81. The zero-order chi connectivity index (χ0) is 11.2. The van der Waals surface area contributed by atoms with Crippen molar-refractivity contribution < 1.29 is 4.74 Å². The highest BCUT2D eigenvalue weighted by Crippen LogP contribution is 2.29. The Morgan fingerprint density at radius 3 is 2.21 bits per heavy atom. The van der Waals surface area contributed by atoms with Crippen LogP contribution in [0.3, 0.4) is 0 Å². The summed E-state index contributed by atoms with van der Waals surface area (Å²) in [6.45, 7) is 11.6. The minimum absolute atomic E-state index is 0.148. The molecule has 0 aliphatic carbocycles. The maximum Gasteiger partial charge on any atom is 0.107 e. The van der Waals surface area contributed by atoms with Crippen LogP contribution in [0.2, 0.25) is 0 Å². The Balaban J connectivity index is 4.95. The van der Waals surface area contributed by atoms with Crippen LogP contribution >= 0.6 is 0 Å². The zero-order valence-electron chi connectivity index (χ0n) is 10.6. The third-order valence-corrected chi connectivity index (χ3v) is 3.31. The van der Waals surface area contributed by atoms with Gasteiger partial charge in [-0.15, -0.1) is 0 Å². The number of nitrogens with zero attached hydrogens (tertiary/aromatic N) is 1. The summed E-state index contributed by atoms with van der Waals surface area (Å²) in [6, 6.07) is 0. The Bertz CT molecular complexity index is 183. The molecule has 2 unspecified atom stereocenters. The summed E-state index contributed by atoms with van der Waals surface area (Å²) in [5.74, 6) is 0.521. The Kier molecular flexibility index (Phi) is 6.01. The molecule has 0 aliphatic heterocycles. The van der Waals surface area contributed by atoms with Crippen molar-refractivity contribution in [1.29, 1.82) is 0 Å². The first-order chi connectivity index (χ1) is 6.58. The molecule has 0 spiro atoms. The second kappa shape index (κ2) is 6.18. The van der Waals surface area contributed by atoms with E-state index < -0.39 is 0 Å². The summed E-state index contributed by atoms with van der Waals surface area (Å²) in [7, 11) is 1.80. The Morgan fingerprint density at radius 1 is 1.36 bits per heavy atom. The molecular weight excluding hydrogens is 174 g/mol. The van der Waals surface area contributed by atoms with E-state index in [2.05, 4.69) is 39.6 Å². The van der Waals surface area contributed by atoms with E-state index in [9.17, 15) is 0 Å². The predicted molar refractivity (Wildman–Crippen MR) is 63.1 cm³/mol. The van der Waals surface area contributed by atoms with E-state index in [1.165, 1.54) is 0 Å². The SMILES string of the molecule is CC/N=C(/C)C(CC)(OC)C(C)CC. The summed E-state index contributed by atoms with van der Waals surface area (Å²) in [6.07, 6.45) is 2.12. The fourth-order valence-corrected chi connectivity index (χ4v) is 2.15. The Labute approximate surface area is 88.8 Å². The van der Waals surface area contributed by atoms with Crippen molar-refractivity contribution in [2.75, 3.05) is 13.7 Å². The maximum atomic E-state index is 5.72. The smallest absolute Gasteiger partial charge is 0.107 e. The van der Waals surface area contributed by atoms with Gasteiger partial charge in [0, 0.05) is 19.4 Å². The van der Waals surface area contributed by atoms with Gasteiger partial charge in [-0.1, -0.05) is 27.2 Å². The van der Waals surface area contributed by atoms with Crippen molar-refractivity contribution in [3.63, 3.8) is 0 Å². The molecule has 0 bridgehead atoms. The quantitative estimate of drug-likeness (QED) is 0.601. The first-order valence-electron chi connectivity index (χ1n) is 5.65. The van der Waals surface area contributed by atoms with Gasteiger partial charge in [0.15, 0.2) is 0 Å². The van der Waals surface area contributed by atoms with Crippen molar-refractivity contribution in [1.82, 2.24) is 0 Å². The molecule has 0 rings (SSSR count). The van der Waals surface area contributed by atoms with Crippen LogP contribution in [0.4, 0.5) is 0 Å². The van der Waals surface area contributed by atoms with E-state index in [-0.39, 0.29) is 5.60 Å². The molecule has 0 saturated heterocycles. The second-order valence-corrected chi connectivity index (χ2v) is 3.82. The molecule has 0 aromatic heterocycles. The highest BCUT2D eigenvalue weighted by atomic mass is 16.5. The lowest BCUT2D eigenvalue weighted by molar-refractivity contribution is 0.000694. The maximum absolute atomic E-state index is 5.72. The molecule has 2 nitrogen and oxygen atoms in total. The minimum Gasteiger partial charge on any atom is -0.372 e. The van der Waals surface area contributed by atoms with Crippen LogP contribution in [0.25, 0.3) is 0 Å². The van der Waals surface area contributed by atoms with E-state index in [1.54, 1.807) is 7.11 Å². The van der Waals surface area contributed by atoms with Crippen molar-refractivity contribution >= 4 is 5.71 Å². The highest BCUT2D eigenvalue weighted by Gasteiger charge is 2.36. The molecule has 0 heterocycles. The van der Waals surface area contributed by atoms with Gasteiger partial charge in [-0.2, -0.15) is 0 Å². The van der Waals surface area contributed by atoms with Crippen LogP contribution in [0.1, 0.15) is 47.5 Å². The number of rotatable bonds is 6. The van der Waals surface area contributed by atoms with Crippen molar-refractivity contribution in [2.24, 2.45) is 10.9 Å². The van der Waals surface area contributed by atoms with Gasteiger partial charge in [-0.25, -0.2) is 0 Å². The van der Waals surface area contributed by atoms with Gasteiger partial charge in [0.25, 0.3) is 0 Å². The molecule has 0 aromatic rings. The topological polar surface area (TPSA) is 21.6 Å². The molecule has 0 aliphatic rings. The lowest BCUT2D eigenvalue weighted by Crippen LogP contribution is -2.45. The standard InChI is InChI=1S/C12H25NO/c1-7-10(4)12(8-2,14-6)11(5)13-9-3/h10H,7-9H2,1-6H3/b13-11-. The number of ether oxygens (including phenoxy) is 1. The van der Waals surface area contributed by atoms with E-state index >= 15 is 0 Å². The number of methoxy groups -OCH3 is 1. The van der Waals surface area contributed by atoms with E-state index in [0.29, 0.717) is 5.92 Å². The molecular formula is C12H25NO. The first kappa shape index (κ1) is 13.6. The van der Waals surface area contributed by atoms with Gasteiger partial charge in [-0.05, 0) is 26.2 Å². The molecule has 0 saturated carbocycles. The van der Waals surface area contributed by atoms with Crippen molar-refractivity contribution in [2.45, 2.75) is 53.1 Å². The molecule has 0 radical (unpaired) electrons. The molecule has 2 heteroatoms. The molecule has 0 amide bonds. The molecule has 14 heavy (non-hydrogen) atoms. The zero-order valence-corrected chi connectivity index (χ0v) is 10.6. The number of aliphatic imine (C=N–C) groups is 1. The van der Waals surface area contributed by atoms with E-state index in [0.717, 1.165) is 25.1 Å². The van der Waals surface area contributed by atoms with Crippen LogP contribution in [-0.2, 0) is 4.74 Å². The van der Waals surface area contributed by atoms with Crippen LogP contribution in [0.15, 0.2) is 4.99 Å². The largest absolute Gasteiger partial charge is 0.372 e. The van der Waals surface area contributed by atoms with Crippen LogP contribution in [0.5, 0.6) is 0 Å². The van der Waals surface area contributed by atoms with Crippen molar-refractivity contribution in [3.8, 4) is 0 Å². The molecule has 84 valence electrons. The summed E-state index contributed by atoms with van der Waals surface area (Å²) in [5, 5.41) is 0. The highest BCUT2D eigenvalue weighted by molar-refractivity contribution is 5.90.